The van der Waals surface area contributed by atoms with Gasteiger partial charge in [-0.3, -0.25) is 4.98 Å². The lowest BCUT2D eigenvalue weighted by molar-refractivity contribution is 0.00578. The minimum atomic E-state index is -0.668. The molecule has 0 bridgehead atoms. The highest BCUT2D eigenvalue weighted by Gasteiger charge is 2.52. The van der Waals surface area contributed by atoms with E-state index in [-0.39, 0.29) is 5.82 Å². The van der Waals surface area contributed by atoms with Gasteiger partial charge in [-0.15, -0.1) is 0 Å². The molecule has 1 fully saturated rings. The fourth-order valence-electron chi connectivity index (χ4n) is 1.81. The molecule has 1 saturated heterocycles. The third-order valence-electron chi connectivity index (χ3n) is 3.65. The molecule has 2 heterocycles. The highest BCUT2D eigenvalue weighted by Crippen LogP contribution is 2.36. The predicted octanol–water partition coefficient (Wildman–Crippen LogP) is 2.16. The molecule has 3 nitrogen and oxygen atoms in total. The lowest BCUT2D eigenvalue weighted by atomic mass is 9.80. The van der Waals surface area contributed by atoms with Crippen LogP contribution in [-0.2, 0) is 9.31 Å². The van der Waals surface area contributed by atoms with Crippen LogP contribution in [0.15, 0.2) is 18.8 Å². The van der Waals surface area contributed by atoms with Gasteiger partial charge in [0.1, 0.15) is 5.82 Å². The molecule has 1 aliphatic rings. The Balaban J connectivity index is 2.41. The quantitative estimate of drug-likeness (QED) is 0.752. The SMILES string of the molecule is C=Cc1c(F)ccnc1B1OC(C)(C)C(C)(C)O1. The van der Waals surface area contributed by atoms with Gasteiger partial charge in [-0.2, -0.15) is 0 Å². The van der Waals surface area contributed by atoms with Gasteiger partial charge in [0, 0.05) is 11.8 Å². The molecule has 5 heteroatoms. The molecule has 0 N–H and O–H groups in total. The Morgan fingerprint density at radius 1 is 1.28 bits per heavy atom. The van der Waals surface area contributed by atoms with Crippen LogP contribution in [-0.4, -0.2) is 23.3 Å². The Bertz CT molecular complexity index is 472. The van der Waals surface area contributed by atoms with Crippen LogP contribution in [0.1, 0.15) is 33.3 Å². The summed E-state index contributed by atoms with van der Waals surface area (Å²) in [6, 6.07) is 1.30. The minimum absolute atomic E-state index is 0.330. The molecule has 0 atom stereocenters. The highest BCUT2D eigenvalue weighted by atomic mass is 19.1. The summed E-state index contributed by atoms with van der Waals surface area (Å²) in [6.07, 6.45) is 2.84. The third-order valence-corrected chi connectivity index (χ3v) is 3.65. The molecule has 1 aromatic heterocycles. The van der Waals surface area contributed by atoms with Crippen LogP contribution in [0, 0.1) is 5.82 Å². The molecule has 0 saturated carbocycles. The van der Waals surface area contributed by atoms with Gasteiger partial charge in [0.05, 0.1) is 16.8 Å². The highest BCUT2D eigenvalue weighted by molar-refractivity contribution is 6.62. The first-order valence-electron chi connectivity index (χ1n) is 5.91. The predicted molar refractivity (Wildman–Crippen MR) is 70.0 cm³/mol. The van der Waals surface area contributed by atoms with Gasteiger partial charge in [0.2, 0.25) is 0 Å². The van der Waals surface area contributed by atoms with Crippen LogP contribution >= 0.6 is 0 Å². The average Bonchev–Trinajstić information content (AvgIpc) is 2.47. The van der Waals surface area contributed by atoms with Crippen molar-refractivity contribution in [1.82, 2.24) is 4.98 Å². The van der Waals surface area contributed by atoms with E-state index < -0.39 is 18.3 Å². The summed E-state index contributed by atoms with van der Waals surface area (Å²) in [5.74, 6) is -0.371. The summed E-state index contributed by atoms with van der Waals surface area (Å²) in [7, 11) is -0.668. The second-order valence-corrected chi connectivity index (χ2v) is 5.38. The molecule has 18 heavy (non-hydrogen) atoms. The van der Waals surface area contributed by atoms with Crippen molar-refractivity contribution in [2.75, 3.05) is 0 Å². The summed E-state index contributed by atoms with van der Waals surface area (Å²) >= 11 is 0. The molecular weight excluding hydrogens is 232 g/mol. The smallest absolute Gasteiger partial charge is 0.398 e. The van der Waals surface area contributed by atoms with Gasteiger partial charge in [0.25, 0.3) is 0 Å². The Morgan fingerprint density at radius 3 is 2.33 bits per heavy atom. The maximum absolute atomic E-state index is 13.7. The van der Waals surface area contributed by atoms with Crippen molar-refractivity contribution < 1.29 is 13.7 Å². The normalized spacial score (nSPS) is 21.1. The minimum Gasteiger partial charge on any atom is -0.398 e. The Morgan fingerprint density at radius 2 is 1.83 bits per heavy atom. The van der Waals surface area contributed by atoms with Gasteiger partial charge < -0.3 is 9.31 Å². The summed E-state index contributed by atoms with van der Waals surface area (Å²) in [6.45, 7) is 11.4. The zero-order valence-corrected chi connectivity index (χ0v) is 11.2. The molecular formula is C13H17BFNO2. The number of aromatic nitrogens is 1. The largest absolute Gasteiger partial charge is 0.515 e. The summed E-state index contributed by atoms with van der Waals surface area (Å²) in [5, 5.41) is 0. The van der Waals surface area contributed by atoms with Crippen LogP contribution in [0.4, 0.5) is 4.39 Å². The summed E-state index contributed by atoms with van der Waals surface area (Å²) in [4.78, 5) is 4.16. The maximum atomic E-state index is 13.7. The van der Waals surface area contributed by atoms with E-state index in [0.717, 1.165) is 0 Å². The summed E-state index contributed by atoms with van der Waals surface area (Å²) < 4.78 is 25.4. The summed E-state index contributed by atoms with van der Waals surface area (Å²) in [5.41, 5.74) is -0.173. The Hall–Kier alpha value is -1.20. The Kier molecular flexibility index (Phi) is 3.07. The van der Waals surface area contributed by atoms with E-state index in [1.165, 1.54) is 18.3 Å². The van der Waals surface area contributed by atoms with Gasteiger partial charge in [-0.05, 0) is 33.8 Å². The average molecular weight is 249 g/mol. The molecule has 1 aromatic rings. The number of pyridine rings is 1. The molecule has 0 aliphatic carbocycles. The number of hydrogen-bond acceptors (Lipinski definition) is 3. The van der Waals surface area contributed by atoms with E-state index in [1.54, 1.807) is 0 Å². The number of rotatable bonds is 2. The van der Waals surface area contributed by atoms with Gasteiger partial charge in [0.15, 0.2) is 0 Å². The second kappa shape index (κ2) is 4.18. The van der Waals surface area contributed by atoms with Crippen molar-refractivity contribution in [2.24, 2.45) is 0 Å². The number of halogens is 1. The molecule has 0 amide bonds. The van der Waals surface area contributed by atoms with Crippen LogP contribution in [0.3, 0.4) is 0 Å². The topological polar surface area (TPSA) is 31.4 Å². The van der Waals surface area contributed by atoms with Crippen molar-refractivity contribution in [3.8, 4) is 0 Å². The van der Waals surface area contributed by atoms with Crippen LogP contribution in [0.5, 0.6) is 0 Å². The fourth-order valence-corrected chi connectivity index (χ4v) is 1.81. The molecule has 96 valence electrons. The van der Waals surface area contributed by atoms with Crippen LogP contribution < -0.4 is 5.59 Å². The van der Waals surface area contributed by atoms with Crippen molar-refractivity contribution in [2.45, 2.75) is 38.9 Å². The standard InChI is InChI=1S/C13H17BFNO2/c1-6-9-10(15)7-8-16-11(9)14-17-12(2,3)13(4,5)18-14/h6-8H,1H2,2-5H3. The molecule has 0 radical (unpaired) electrons. The monoisotopic (exact) mass is 249 g/mol. The van der Waals surface area contributed by atoms with E-state index in [0.29, 0.717) is 11.2 Å². The zero-order valence-electron chi connectivity index (χ0n) is 11.2. The van der Waals surface area contributed by atoms with Crippen molar-refractivity contribution >= 4 is 18.8 Å². The van der Waals surface area contributed by atoms with E-state index in [4.69, 9.17) is 9.31 Å². The van der Waals surface area contributed by atoms with Gasteiger partial charge in [-0.25, -0.2) is 4.39 Å². The van der Waals surface area contributed by atoms with E-state index >= 15 is 0 Å². The lowest BCUT2D eigenvalue weighted by Crippen LogP contribution is -2.41. The fraction of sp³-hybridized carbons (Fsp3) is 0.462. The Labute approximate surface area is 107 Å². The van der Waals surface area contributed by atoms with Crippen molar-refractivity contribution in [1.29, 1.82) is 0 Å². The maximum Gasteiger partial charge on any atom is 0.515 e. The van der Waals surface area contributed by atoms with Gasteiger partial charge >= 0.3 is 7.12 Å². The molecule has 0 unspecified atom stereocenters. The first-order valence-corrected chi connectivity index (χ1v) is 5.91. The van der Waals surface area contributed by atoms with E-state index in [9.17, 15) is 4.39 Å². The first kappa shape index (κ1) is 13.2. The molecule has 0 spiro atoms. The molecule has 0 aromatic carbocycles. The first-order chi connectivity index (χ1) is 8.28. The third kappa shape index (κ3) is 1.97. The zero-order chi connectivity index (χ0) is 13.6. The second-order valence-electron chi connectivity index (χ2n) is 5.38. The van der Waals surface area contributed by atoms with Crippen molar-refractivity contribution in [3.63, 3.8) is 0 Å². The molecule has 2 rings (SSSR count). The van der Waals surface area contributed by atoms with Crippen molar-refractivity contribution in [3.05, 3.63) is 30.2 Å². The molecule has 1 aliphatic heterocycles. The number of nitrogens with zero attached hydrogens (tertiary/aromatic N) is 1. The van der Waals surface area contributed by atoms with Crippen LogP contribution in [0.25, 0.3) is 6.08 Å². The van der Waals surface area contributed by atoms with Gasteiger partial charge in [-0.1, -0.05) is 12.7 Å². The van der Waals surface area contributed by atoms with Crippen LogP contribution in [0.2, 0.25) is 0 Å². The van der Waals surface area contributed by atoms with E-state index in [2.05, 4.69) is 11.6 Å². The van der Waals surface area contributed by atoms with E-state index in [1.807, 2.05) is 27.7 Å². The lowest BCUT2D eigenvalue weighted by Gasteiger charge is -2.32. The number of hydrogen-bond donors (Lipinski definition) is 0.